The summed E-state index contributed by atoms with van der Waals surface area (Å²) in [6.45, 7) is 1.25. The van der Waals surface area contributed by atoms with Gasteiger partial charge in [0.15, 0.2) is 0 Å². The van der Waals surface area contributed by atoms with Crippen LogP contribution in [0, 0.1) is 0 Å². The van der Waals surface area contributed by atoms with Crippen molar-refractivity contribution in [2.75, 3.05) is 13.2 Å². The number of benzene rings is 2. The molecule has 1 aliphatic heterocycles. The molecule has 0 aliphatic carbocycles. The van der Waals surface area contributed by atoms with E-state index in [1.165, 1.54) is 6.92 Å². The van der Waals surface area contributed by atoms with Crippen molar-refractivity contribution in [2.45, 2.75) is 25.2 Å². The SMILES string of the molecule is CCOC(=O)NC1(C(F)(F)F)N=C(c2ccccc2)N(CCc2ccccc2)C1=O. The van der Waals surface area contributed by atoms with Crippen molar-refractivity contribution < 1.29 is 27.5 Å². The van der Waals surface area contributed by atoms with Crippen LogP contribution in [0.2, 0.25) is 0 Å². The molecular formula is C21H20F3N3O3. The topological polar surface area (TPSA) is 71.0 Å². The summed E-state index contributed by atoms with van der Waals surface area (Å²) < 4.78 is 46.8. The maximum atomic E-state index is 14.1. The molecule has 1 atom stereocenters. The Morgan fingerprint density at radius 1 is 1.10 bits per heavy atom. The number of halogens is 3. The molecular weight excluding hydrogens is 399 g/mol. The van der Waals surface area contributed by atoms with E-state index >= 15 is 0 Å². The minimum Gasteiger partial charge on any atom is -0.450 e. The van der Waals surface area contributed by atoms with E-state index in [4.69, 9.17) is 0 Å². The quantitative estimate of drug-likeness (QED) is 0.779. The molecule has 0 radical (unpaired) electrons. The highest BCUT2D eigenvalue weighted by Gasteiger charge is 2.67. The average Bonchev–Trinajstić information content (AvgIpc) is 3.01. The number of alkyl halides is 3. The summed E-state index contributed by atoms with van der Waals surface area (Å²) >= 11 is 0. The lowest BCUT2D eigenvalue weighted by atomic mass is 10.1. The van der Waals surface area contributed by atoms with Gasteiger partial charge in [0.05, 0.1) is 6.61 Å². The second kappa shape index (κ2) is 8.56. The number of alkyl carbamates (subject to hydrolysis) is 1. The van der Waals surface area contributed by atoms with Crippen molar-refractivity contribution in [3.63, 3.8) is 0 Å². The number of ether oxygens (including phenoxy) is 1. The van der Waals surface area contributed by atoms with E-state index in [2.05, 4.69) is 9.73 Å². The first-order valence-electron chi connectivity index (χ1n) is 9.31. The Kier molecular flexibility index (Phi) is 6.09. The van der Waals surface area contributed by atoms with E-state index in [9.17, 15) is 22.8 Å². The van der Waals surface area contributed by atoms with Crippen LogP contribution in [-0.4, -0.2) is 47.7 Å². The lowest BCUT2D eigenvalue weighted by molar-refractivity contribution is -0.196. The van der Waals surface area contributed by atoms with Gasteiger partial charge in [-0.15, -0.1) is 0 Å². The third-order valence-corrected chi connectivity index (χ3v) is 4.55. The van der Waals surface area contributed by atoms with Crippen molar-refractivity contribution in [1.82, 2.24) is 10.2 Å². The van der Waals surface area contributed by atoms with Gasteiger partial charge in [0.25, 0.3) is 5.91 Å². The van der Waals surface area contributed by atoms with Crippen molar-refractivity contribution >= 4 is 17.8 Å². The van der Waals surface area contributed by atoms with Crippen LogP contribution >= 0.6 is 0 Å². The van der Waals surface area contributed by atoms with Crippen molar-refractivity contribution in [2.24, 2.45) is 4.99 Å². The Bertz CT molecular complexity index is 933. The summed E-state index contributed by atoms with van der Waals surface area (Å²) in [5.74, 6) is -1.54. The maximum Gasteiger partial charge on any atom is 0.442 e. The molecule has 0 bridgehead atoms. The van der Waals surface area contributed by atoms with Gasteiger partial charge in [-0.3, -0.25) is 15.0 Å². The fourth-order valence-electron chi connectivity index (χ4n) is 3.11. The number of rotatable bonds is 6. The first-order chi connectivity index (χ1) is 14.3. The van der Waals surface area contributed by atoms with Gasteiger partial charge in [0, 0.05) is 12.1 Å². The molecule has 0 spiro atoms. The highest BCUT2D eigenvalue weighted by atomic mass is 19.4. The molecule has 2 amide bonds. The first kappa shape index (κ1) is 21.4. The third-order valence-electron chi connectivity index (χ3n) is 4.55. The number of amidine groups is 1. The molecule has 0 saturated carbocycles. The van der Waals surface area contributed by atoms with E-state index in [1.807, 2.05) is 18.2 Å². The average molecular weight is 419 g/mol. The lowest BCUT2D eigenvalue weighted by Crippen LogP contribution is -2.63. The zero-order chi connectivity index (χ0) is 21.8. The van der Waals surface area contributed by atoms with Gasteiger partial charge < -0.3 is 4.74 Å². The number of amides is 2. The monoisotopic (exact) mass is 419 g/mol. The van der Waals surface area contributed by atoms with Gasteiger partial charge in [-0.2, -0.15) is 13.2 Å². The summed E-state index contributed by atoms with van der Waals surface area (Å²) in [5, 5.41) is 1.65. The van der Waals surface area contributed by atoms with Gasteiger partial charge in [0.2, 0.25) is 0 Å². The summed E-state index contributed by atoms with van der Waals surface area (Å²) in [4.78, 5) is 29.6. The molecule has 6 nitrogen and oxygen atoms in total. The molecule has 1 N–H and O–H groups in total. The lowest BCUT2D eigenvalue weighted by Gasteiger charge is -2.28. The maximum absolute atomic E-state index is 14.1. The number of nitrogens with one attached hydrogen (secondary N) is 1. The van der Waals surface area contributed by atoms with Gasteiger partial charge >= 0.3 is 17.9 Å². The molecule has 158 valence electrons. The van der Waals surface area contributed by atoms with Crippen LogP contribution in [0.1, 0.15) is 18.1 Å². The predicted octanol–water partition coefficient (Wildman–Crippen LogP) is 3.52. The summed E-state index contributed by atoms with van der Waals surface area (Å²) in [7, 11) is 0. The molecule has 0 saturated heterocycles. The fraction of sp³-hybridized carbons (Fsp3) is 0.286. The highest BCUT2D eigenvalue weighted by Crippen LogP contribution is 2.38. The Morgan fingerprint density at radius 2 is 1.70 bits per heavy atom. The van der Waals surface area contributed by atoms with Gasteiger partial charge in [-0.25, -0.2) is 9.79 Å². The minimum atomic E-state index is -5.17. The molecule has 2 aromatic carbocycles. The molecule has 9 heteroatoms. The van der Waals surface area contributed by atoms with Crippen LogP contribution in [0.25, 0.3) is 0 Å². The van der Waals surface area contributed by atoms with Crippen molar-refractivity contribution in [1.29, 1.82) is 0 Å². The number of carbonyl (C=O) groups is 2. The first-order valence-corrected chi connectivity index (χ1v) is 9.31. The zero-order valence-corrected chi connectivity index (χ0v) is 16.1. The predicted molar refractivity (Wildman–Crippen MR) is 104 cm³/mol. The molecule has 0 fully saturated rings. The number of aliphatic imine (C=N–C) groups is 1. The number of nitrogens with zero attached hydrogens (tertiary/aromatic N) is 2. The Labute approximate surface area is 171 Å². The van der Waals surface area contributed by atoms with Gasteiger partial charge in [0.1, 0.15) is 5.84 Å². The second-order valence-electron chi connectivity index (χ2n) is 6.55. The molecule has 2 aromatic rings. The van der Waals surface area contributed by atoms with E-state index in [1.54, 1.807) is 47.8 Å². The number of hydrogen-bond acceptors (Lipinski definition) is 4. The van der Waals surface area contributed by atoms with Gasteiger partial charge in [-0.05, 0) is 18.9 Å². The molecule has 30 heavy (non-hydrogen) atoms. The number of carbonyl (C=O) groups excluding carboxylic acids is 2. The van der Waals surface area contributed by atoms with Crippen LogP contribution < -0.4 is 5.32 Å². The normalized spacial score (nSPS) is 18.9. The zero-order valence-electron chi connectivity index (χ0n) is 16.1. The summed E-state index contributed by atoms with van der Waals surface area (Å²) in [6, 6.07) is 17.1. The minimum absolute atomic E-state index is 0.0427. The number of hydrogen-bond donors (Lipinski definition) is 1. The van der Waals surface area contributed by atoms with E-state index in [-0.39, 0.29) is 19.0 Å². The second-order valence-corrected chi connectivity index (χ2v) is 6.55. The Hall–Kier alpha value is -3.36. The van der Waals surface area contributed by atoms with Crippen LogP contribution in [0.5, 0.6) is 0 Å². The summed E-state index contributed by atoms with van der Waals surface area (Å²) in [5.41, 5.74) is -2.27. The molecule has 1 aliphatic rings. The summed E-state index contributed by atoms with van der Waals surface area (Å²) in [6.07, 6.45) is -6.23. The largest absolute Gasteiger partial charge is 0.450 e. The van der Waals surface area contributed by atoms with E-state index in [0.717, 1.165) is 10.5 Å². The van der Waals surface area contributed by atoms with Crippen LogP contribution in [-0.2, 0) is 16.0 Å². The van der Waals surface area contributed by atoms with Crippen molar-refractivity contribution in [3.05, 3.63) is 71.8 Å². The van der Waals surface area contributed by atoms with E-state index < -0.39 is 23.8 Å². The van der Waals surface area contributed by atoms with Crippen molar-refractivity contribution in [3.8, 4) is 0 Å². The standard InChI is InChI=1S/C21H20F3N3O3/c1-2-30-19(29)26-20(21(22,23)24)18(28)27(14-13-15-9-5-3-6-10-15)17(25-20)16-11-7-4-8-12-16/h3-12H,2,13-14H2,1H3,(H,26,29). The van der Waals surface area contributed by atoms with Gasteiger partial charge in [-0.1, -0.05) is 60.7 Å². The van der Waals surface area contributed by atoms with Crippen LogP contribution in [0.15, 0.2) is 65.7 Å². The molecule has 0 aromatic heterocycles. The Morgan fingerprint density at radius 3 is 2.27 bits per heavy atom. The van der Waals surface area contributed by atoms with Crippen LogP contribution in [0.3, 0.4) is 0 Å². The molecule has 3 rings (SSSR count). The molecule has 1 heterocycles. The van der Waals surface area contributed by atoms with Crippen LogP contribution in [0.4, 0.5) is 18.0 Å². The fourth-order valence-corrected chi connectivity index (χ4v) is 3.11. The highest BCUT2D eigenvalue weighted by molar-refractivity contribution is 6.16. The third kappa shape index (κ3) is 4.14. The Balaban J connectivity index is 2.02. The van der Waals surface area contributed by atoms with E-state index in [0.29, 0.717) is 12.0 Å². The smallest absolute Gasteiger partial charge is 0.442 e. The molecule has 1 unspecified atom stereocenters.